The third kappa shape index (κ3) is 4.69. The molecule has 18 heavy (non-hydrogen) atoms. The number of hydrogen-bond donors (Lipinski definition) is 1. The summed E-state index contributed by atoms with van der Waals surface area (Å²) >= 11 is 3.26. The van der Waals surface area contributed by atoms with Crippen molar-refractivity contribution in [2.24, 2.45) is 0 Å². The topological polar surface area (TPSA) is 12.0 Å². The van der Waals surface area contributed by atoms with Crippen molar-refractivity contribution in [1.29, 1.82) is 0 Å². The van der Waals surface area contributed by atoms with Crippen LogP contribution in [0, 0.1) is 5.82 Å². The van der Waals surface area contributed by atoms with Crippen LogP contribution in [0.4, 0.5) is 4.39 Å². The van der Waals surface area contributed by atoms with Gasteiger partial charge in [0, 0.05) is 11.6 Å². The smallest absolute Gasteiger partial charge is 0.142 e. The highest BCUT2D eigenvalue weighted by atomic mass is 79.9. The Kier molecular flexibility index (Phi) is 7.52. The monoisotopic (exact) mass is 315 g/mol. The van der Waals surface area contributed by atoms with Gasteiger partial charge in [0.15, 0.2) is 0 Å². The number of nitrogens with one attached hydrogen (secondary N) is 1. The van der Waals surface area contributed by atoms with E-state index in [2.05, 4.69) is 35.1 Å². The molecule has 0 amide bonds. The lowest BCUT2D eigenvalue weighted by atomic mass is 9.99. The molecule has 1 aromatic rings. The molecule has 0 heterocycles. The van der Waals surface area contributed by atoms with Crippen molar-refractivity contribution in [1.82, 2.24) is 5.32 Å². The van der Waals surface area contributed by atoms with Gasteiger partial charge in [-0.3, -0.25) is 0 Å². The zero-order chi connectivity index (χ0) is 13.4. The normalized spacial score (nSPS) is 12.7. The molecule has 3 heteroatoms. The van der Waals surface area contributed by atoms with E-state index in [9.17, 15) is 4.39 Å². The van der Waals surface area contributed by atoms with Crippen molar-refractivity contribution in [3.8, 4) is 0 Å². The van der Waals surface area contributed by atoms with Gasteiger partial charge in [0.25, 0.3) is 0 Å². The Labute approximate surface area is 118 Å². The first-order valence-corrected chi connectivity index (χ1v) is 7.67. The Balaban J connectivity index is 2.68. The summed E-state index contributed by atoms with van der Waals surface area (Å²) in [6, 6.07) is 5.66. The van der Waals surface area contributed by atoms with E-state index < -0.39 is 0 Å². The van der Waals surface area contributed by atoms with Crippen molar-refractivity contribution >= 4 is 15.9 Å². The summed E-state index contributed by atoms with van der Waals surface area (Å²) in [5, 5.41) is 3.38. The molecule has 0 bridgehead atoms. The molecule has 0 saturated heterocycles. The van der Waals surface area contributed by atoms with E-state index in [1.165, 1.54) is 19.3 Å². The van der Waals surface area contributed by atoms with E-state index in [1.807, 2.05) is 12.1 Å². The predicted molar refractivity (Wildman–Crippen MR) is 79.3 cm³/mol. The lowest BCUT2D eigenvalue weighted by Gasteiger charge is -2.19. The van der Waals surface area contributed by atoms with E-state index >= 15 is 0 Å². The maximum absolute atomic E-state index is 14.1. The lowest BCUT2D eigenvalue weighted by Crippen LogP contribution is -2.22. The van der Waals surface area contributed by atoms with Crippen LogP contribution in [0.3, 0.4) is 0 Å². The van der Waals surface area contributed by atoms with Gasteiger partial charge in [-0.2, -0.15) is 0 Å². The van der Waals surface area contributed by atoms with Crippen LogP contribution in [0.15, 0.2) is 22.7 Å². The quantitative estimate of drug-likeness (QED) is 0.649. The van der Waals surface area contributed by atoms with E-state index in [0.717, 1.165) is 24.9 Å². The Bertz CT molecular complexity index is 354. The Morgan fingerprint density at radius 3 is 2.67 bits per heavy atom. The molecule has 0 saturated carbocycles. The van der Waals surface area contributed by atoms with Crippen LogP contribution in [-0.4, -0.2) is 6.54 Å². The standard InChI is InChI=1S/C15H23BrFN/c1-3-5-6-7-11-14(18-4-2)12-9-8-10-13(16)15(12)17/h8-10,14,18H,3-7,11H2,1-2H3. The first kappa shape index (κ1) is 15.6. The number of halogens is 2. The highest BCUT2D eigenvalue weighted by Gasteiger charge is 2.15. The number of hydrogen-bond acceptors (Lipinski definition) is 1. The molecular weight excluding hydrogens is 293 g/mol. The van der Waals surface area contributed by atoms with Crippen LogP contribution in [0.2, 0.25) is 0 Å². The molecule has 0 aromatic heterocycles. The summed E-state index contributed by atoms with van der Waals surface area (Å²) < 4.78 is 14.6. The van der Waals surface area contributed by atoms with Gasteiger partial charge in [-0.15, -0.1) is 0 Å². The minimum Gasteiger partial charge on any atom is -0.310 e. The molecule has 0 aliphatic carbocycles. The number of benzene rings is 1. The van der Waals surface area contributed by atoms with Crippen LogP contribution >= 0.6 is 15.9 Å². The SMILES string of the molecule is CCCCCCC(NCC)c1cccc(Br)c1F. The molecular formula is C15H23BrFN. The molecule has 1 nitrogen and oxygen atoms in total. The van der Waals surface area contributed by atoms with Crippen LogP contribution in [-0.2, 0) is 0 Å². The molecule has 0 aliphatic heterocycles. The van der Waals surface area contributed by atoms with Gasteiger partial charge in [-0.1, -0.05) is 51.7 Å². The molecule has 1 atom stereocenters. The van der Waals surface area contributed by atoms with Gasteiger partial charge in [0.2, 0.25) is 0 Å². The Morgan fingerprint density at radius 2 is 2.00 bits per heavy atom. The Hall–Kier alpha value is -0.410. The minimum atomic E-state index is -0.126. The van der Waals surface area contributed by atoms with Gasteiger partial charge in [-0.05, 0) is 35.0 Å². The van der Waals surface area contributed by atoms with Crippen LogP contribution < -0.4 is 5.32 Å². The highest BCUT2D eigenvalue weighted by molar-refractivity contribution is 9.10. The first-order chi connectivity index (χ1) is 8.70. The highest BCUT2D eigenvalue weighted by Crippen LogP contribution is 2.27. The molecule has 0 fully saturated rings. The average Bonchev–Trinajstić information content (AvgIpc) is 2.37. The largest absolute Gasteiger partial charge is 0.310 e. The predicted octanol–water partition coefficient (Wildman–Crippen LogP) is 5.21. The fourth-order valence-electron chi connectivity index (χ4n) is 2.18. The molecule has 1 unspecified atom stereocenters. The summed E-state index contributed by atoms with van der Waals surface area (Å²) in [5.41, 5.74) is 0.780. The first-order valence-electron chi connectivity index (χ1n) is 6.88. The molecule has 1 N–H and O–H groups in total. The molecule has 1 aromatic carbocycles. The van der Waals surface area contributed by atoms with Gasteiger partial charge in [-0.25, -0.2) is 4.39 Å². The maximum atomic E-state index is 14.1. The zero-order valence-electron chi connectivity index (χ0n) is 11.3. The number of unbranched alkanes of at least 4 members (excludes halogenated alkanes) is 3. The second kappa shape index (κ2) is 8.65. The van der Waals surface area contributed by atoms with Crippen molar-refractivity contribution in [3.63, 3.8) is 0 Å². The fraction of sp³-hybridized carbons (Fsp3) is 0.600. The fourth-order valence-corrected chi connectivity index (χ4v) is 2.56. The third-order valence-corrected chi connectivity index (χ3v) is 3.77. The van der Waals surface area contributed by atoms with Crippen molar-refractivity contribution in [2.45, 2.75) is 52.0 Å². The van der Waals surface area contributed by atoms with E-state index in [0.29, 0.717) is 4.47 Å². The summed E-state index contributed by atoms with van der Waals surface area (Å²) in [4.78, 5) is 0. The van der Waals surface area contributed by atoms with Gasteiger partial charge in [0.05, 0.1) is 4.47 Å². The van der Waals surface area contributed by atoms with E-state index in [-0.39, 0.29) is 11.9 Å². The zero-order valence-corrected chi connectivity index (χ0v) is 12.9. The summed E-state index contributed by atoms with van der Waals surface area (Å²) in [6.45, 7) is 5.13. The van der Waals surface area contributed by atoms with Crippen molar-refractivity contribution < 1.29 is 4.39 Å². The molecule has 0 radical (unpaired) electrons. The van der Waals surface area contributed by atoms with Crippen LogP contribution in [0.25, 0.3) is 0 Å². The number of rotatable bonds is 8. The van der Waals surface area contributed by atoms with Crippen LogP contribution in [0.1, 0.15) is 57.6 Å². The molecule has 0 aliphatic rings. The summed E-state index contributed by atoms with van der Waals surface area (Å²) in [6.07, 6.45) is 5.88. The third-order valence-electron chi connectivity index (χ3n) is 3.15. The molecule has 0 spiro atoms. The van der Waals surface area contributed by atoms with Crippen LogP contribution in [0.5, 0.6) is 0 Å². The van der Waals surface area contributed by atoms with Gasteiger partial charge in [0.1, 0.15) is 5.82 Å². The summed E-state index contributed by atoms with van der Waals surface area (Å²) in [5.74, 6) is -0.126. The van der Waals surface area contributed by atoms with E-state index in [1.54, 1.807) is 6.07 Å². The minimum absolute atomic E-state index is 0.126. The Morgan fingerprint density at radius 1 is 1.22 bits per heavy atom. The average molecular weight is 316 g/mol. The molecule has 102 valence electrons. The van der Waals surface area contributed by atoms with Gasteiger partial charge >= 0.3 is 0 Å². The summed E-state index contributed by atoms with van der Waals surface area (Å²) in [7, 11) is 0. The maximum Gasteiger partial charge on any atom is 0.142 e. The second-order valence-corrected chi connectivity index (χ2v) is 5.46. The van der Waals surface area contributed by atoms with Gasteiger partial charge < -0.3 is 5.32 Å². The molecule has 1 rings (SSSR count). The second-order valence-electron chi connectivity index (χ2n) is 4.60. The van der Waals surface area contributed by atoms with E-state index in [4.69, 9.17) is 0 Å². The van der Waals surface area contributed by atoms with Crippen molar-refractivity contribution in [2.75, 3.05) is 6.54 Å². The lowest BCUT2D eigenvalue weighted by molar-refractivity contribution is 0.459. The van der Waals surface area contributed by atoms with Crippen molar-refractivity contribution in [3.05, 3.63) is 34.1 Å².